The fourth-order valence-corrected chi connectivity index (χ4v) is 9.24. The van der Waals surface area contributed by atoms with Crippen LogP contribution in [0.4, 0.5) is 0 Å². The molecule has 0 saturated heterocycles. The molecule has 218 valence electrons. The van der Waals surface area contributed by atoms with Crippen LogP contribution >= 0.6 is 0 Å². The first-order valence-electron chi connectivity index (χ1n) is 15.5. The summed E-state index contributed by atoms with van der Waals surface area (Å²) in [5, 5.41) is 5.30. The number of imidazole rings is 1. The fraction of sp³-hybridized carbons (Fsp3) is 0.100. The van der Waals surface area contributed by atoms with Crippen LogP contribution in [0.2, 0.25) is 13.1 Å². The second-order valence-corrected chi connectivity index (χ2v) is 17.0. The van der Waals surface area contributed by atoms with Gasteiger partial charge >= 0.3 is 0 Å². The van der Waals surface area contributed by atoms with Crippen LogP contribution in [0, 0.1) is 6.92 Å². The van der Waals surface area contributed by atoms with E-state index in [0.29, 0.717) is 0 Å². The molecule has 0 N–H and O–H groups in total. The van der Waals surface area contributed by atoms with Gasteiger partial charge in [-0.05, 0) is 72.1 Å². The highest BCUT2D eigenvalue weighted by atomic mass is 28.3. The predicted octanol–water partition coefficient (Wildman–Crippen LogP) is 7.75. The van der Waals surface area contributed by atoms with Gasteiger partial charge in [-0.25, -0.2) is 9.55 Å². The molecule has 8 aromatic rings. The molecule has 0 atom stereocenters. The minimum atomic E-state index is -2.10. The van der Waals surface area contributed by atoms with Gasteiger partial charge < -0.3 is 0 Å². The summed E-state index contributed by atoms with van der Waals surface area (Å²) in [6, 6.07) is 46.4. The molecule has 0 bridgehead atoms. The Morgan fingerprint density at radius 3 is 2.24 bits per heavy atom. The van der Waals surface area contributed by atoms with E-state index in [2.05, 4.69) is 174 Å². The number of hydrogen-bond donors (Lipinski definition) is 0. The van der Waals surface area contributed by atoms with Gasteiger partial charge in [-0.1, -0.05) is 102 Å². The van der Waals surface area contributed by atoms with Crippen LogP contribution < -0.4 is 14.9 Å². The van der Waals surface area contributed by atoms with Gasteiger partial charge in [0.25, 0.3) is 0 Å². The number of fused-ring (bicyclic) bond motifs is 4. The van der Waals surface area contributed by atoms with Gasteiger partial charge in [-0.2, -0.15) is 4.57 Å². The van der Waals surface area contributed by atoms with Crippen molar-refractivity contribution in [1.82, 2.24) is 14.1 Å². The summed E-state index contributed by atoms with van der Waals surface area (Å²) in [5.41, 5.74) is 9.67. The van der Waals surface area contributed by atoms with Gasteiger partial charge in [0.15, 0.2) is 11.0 Å². The van der Waals surface area contributed by atoms with E-state index in [1.165, 1.54) is 65.6 Å². The topological polar surface area (TPSA) is 26.6 Å². The summed E-state index contributed by atoms with van der Waals surface area (Å²) in [7, 11) is 0.0169. The van der Waals surface area contributed by atoms with Crippen molar-refractivity contribution in [3.8, 4) is 22.6 Å². The number of rotatable bonds is 5. The van der Waals surface area contributed by atoms with Crippen LogP contribution in [0.5, 0.6) is 0 Å². The summed E-state index contributed by atoms with van der Waals surface area (Å²) >= 11 is 0. The molecule has 0 saturated carbocycles. The number of nitrogens with zero attached hydrogens (tertiary/aromatic N) is 4. The van der Waals surface area contributed by atoms with E-state index >= 15 is 0 Å². The lowest BCUT2D eigenvalue weighted by Crippen LogP contribution is -2.52. The van der Waals surface area contributed by atoms with Crippen LogP contribution in [0.3, 0.4) is 0 Å². The largest absolute Gasteiger partial charge is 0.294 e. The van der Waals surface area contributed by atoms with Crippen molar-refractivity contribution in [2.24, 2.45) is 7.05 Å². The highest BCUT2D eigenvalue weighted by Gasteiger charge is 2.28. The van der Waals surface area contributed by atoms with Crippen LogP contribution in [0.15, 0.2) is 140 Å². The zero-order valence-corrected chi connectivity index (χ0v) is 27.1. The van der Waals surface area contributed by atoms with Gasteiger partial charge in [-0.3, -0.25) is 4.57 Å². The molecule has 5 aromatic carbocycles. The summed E-state index contributed by atoms with van der Waals surface area (Å²) < 4.78 is 6.85. The van der Waals surface area contributed by atoms with E-state index < -0.39 is 8.07 Å². The standard InChI is InChI=1S/C40H35N4Si/c1-28-12-5-6-15-33(28)29-22-23-41-40(24-29)44-36-17-8-7-16-34(36)35-21-20-32(26-39(35)44)45(3,4)31-14-11-13-30(25-31)43-27-42(2)37-18-9-10-19-38(37)43/h5-27H,1-4H3/q+1. The maximum Gasteiger partial charge on any atom is 0.249 e. The lowest BCUT2D eigenvalue weighted by atomic mass is 10.0. The summed E-state index contributed by atoms with van der Waals surface area (Å²) in [6.07, 6.45) is 4.12. The van der Waals surface area contributed by atoms with Crippen molar-refractivity contribution < 1.29 is 4.57 Å². The molecule has 0 amide bonds. The summed E-state index contributed by atoms with van der Waals surface area (Å²) in [5.74, 6) is 0.938. The van der Waals surface area contributed by atoms with Gasteiger partial charge in [0.05, 0.1) is 18.1 Å². The highest BCUT2D eigenvalue weighted by molar-refractivity contribution is 7.00. The molecule has 0 spiro atoms. The highest BCUT2D eigenvalue weighted by Crippen LogP contribution is 2.33. The molecule has 5 heteroatoms. The van der Waals surface area contributed by atoms with E-state index in [9.17, 15) is 0 Å². The molecule has 0 fully saturated rings. The van der Waals surface area contributed by atoms with Gasteiger partial charge in [0.1, 0.15) is 19.6 Å². The minimum absolute atomic E-state index is 0.938. The Labute approximate surface area is 264 Å². The minimum Gasteiger partial charge on any atom is -0.294 e. The van der Waals surface area contributed by atoms with E-state index in [1.807, 2.05) is 6.20 Å². The monoisotopic (exact) mass is 599 g/mol. The summed E-state index contributed by atoms with van der Waals surface area (Å²) in [4.78, 5) is 4.93. The second kappa shape index (κ2) is 10.4. The molecule has 3 heterocycles. The van der Waals surface area contributed by atoms with Crippen molar-refractivity contribution in [1.29, 1.82) is 0 Å². The predicted molar refractivity (Wildman–Crippen MR) is 190 cm³/mol. The van der Waals surface area contributed by atoms with Crippen molar-refractivity contribution >= 4 is 51.3 Å². The van der Waals surface area contributed by atoms with Gasteiger partial charge in [-0.15, -0.1) is 0 Å². The normalized spacial score (nSPS) is 12.0. The third-order valence-electron chi connectivity index (χ3n) is 9.48. The van der Waals surface area contributed by atoms with E-state index in [-0.39, 0.29) is 0 Å². The first-order chi connectivity index (χ1) is 21.9. The van der Waals surface area contributed by atoms with Crippen LogP contribution in [0.1, 0.15) is 5.56 Å². The van der Waals surface area contributed by atoms with Crippen LogP contribution in [-0.4, -0.2) is 22.2 Å². The zero-order valence-electron chi connectivity index (χ0n) is 26.1. The molecule has 0 unspecified atom stereocenters. The number of aromatic nitrogens is 4. The molecule has 0 radical (unpaired) electrons. The zero-order chi connectivity index (χ0) is 30.7. The smallest absolute Gasteiger partial charge is 0.249 e. The maximum absolute atomic E-state index is 4.93. The van der Waals surface area contributed by atoms with E-state index in [4.69, 9.17) is 4.98 Å². The van der Waals surface area contributed by atoms with Crippen LogP contribution in [-0.2, 0) is 7.05 Å². The molecule has 0 aliphatic heterocycles. The summed E-state index contributed by atoms with van der Waals surface area (Å²) in [6.45, 7) is 7.10. The lowest BCUT2D eigenvalue weighted by Gasteiger charge is -2.24. The Morgan fingerprint density at radius 2 is 1.38 bits per heavy atom. The van der Waals surface area contributed by atoms with Crippen LogP contribution in [0.25, 0.3) is 55.5 Å². The van der Waals surface area contributed by atoms with Crippen molar-refractivity contribution in [3.63, 3.8) is 0 Å². The SMILES string of the molecule is Cc1ccccc1-c1ccnc(-n2c3ccccc3c3ccc([Si](C)(C)c4cccc(-n5c[n+](C)c6ccccc65)c4)cc32)c1. The average molecular weight is 600 g/mol. The Kier molecular flexibility index (Phi) is 6.32. The molecule has 8 rings (SSSR count). The molecule has 0 aliphatic carbocycles. The Balaban J connectivity index is 1.28. The Bertz CT molecular complexity index is 2390. The van der Waals surface area contributed by atoms with E-state index in [0.717, 1.165) is 5.82 Å². The number of para-hydroxylation sites is 3. The molecule has 3 aromatic heterocycles. The molecular formula is C40H35N4Si+. The van der Waals surface area contributed by atoms with E-state index in [1.54, 1.807) is 0 Å². The molecule has 0 aliphatic rings. The number of hydrogen-bond acceptors (Lipinski definition) is 1. The molecular weight excluding hydrogens is 565 g/mol. The number of pyridine rings is 1. The Hall–Kier alpha value is -5.26. The first kappa shape index (κ1) is 27.3. The van der Waals surface area contributed by atoms with Crippen molar-refractivity contribution in [2.75, 3.05) is 0 Å². The average Bonchev–Trinajstić information content (AvgIpc) is 3.59. The number of aryl methyl sites for hydroxylation is 2. The fourth-order valence-electron chi connectivity index (χ4n) is 6.89. The quantitative estimate of drug-likeness (QED) is 0.147. The number of benzene rings is 5. The molecule has 45 heavy (non-hydrogen) atoms. The lowest BCUT2D eigenvalue weighted by molar-refractivity contribution is -0.645. The third kappa shape index (κ3) is 4.42. The van der Waals surface area contributed by atoms with Gasteiger partial charge in [0, 0.05) is 17.0 Å². The Morgan fingerprint density at radius 1 is 0.644 bits per heavy atom. The second-order valence-electron chi connectivity index (χ2n) is 12.6. The first-order valence-corrected chi connectivity index (χ1v) is 18.5. The molecule has 4 nitrogen and oxygen atoms in total. The van der Waals surface area contributed by atoms with Crippen molar-refractivity contribution in [2.45, 2.75) is 20.0 Å². The van der Waals surface area contributed by atoms with Gasteiger partial charge in [0.2, 0.25) is 6.33 Å². The third-order valence-corrected chi connectivity index (χ3v) is 13.0. The van der Waals surface area contributed by atoms with Crippen molar-refractivity contribution in [3.05, 3.63) is 145 Å². The maximum atomic E-state index is 4.93.